The second-order valence-electron chi connectivity index (χ2n) is 2.98. The van der Waals surface area contributed by atoms with Crippen molar-refractivity contribution in [2.45, 2.75) is 13.5 Å². The first-order valence-electron chi connectivity index (χ1n) is 4.25. The average Bonchev–Trinajstić information content (AvgIpc) is 2.45. The van der Waals surface area contributed by atoms with E-state index in [9.17, 15) is 4.79 Å². The van der Waals surface area contributed by atoms with Gasteiger partial charge in [-0.05, 0) is 19.1 Å². The van der Waals surface area contributed by atoms with E-state index in [0.29, 0.717) is 23.1 Å². The number of pyridine rings is 1. The van der Waals surface area contributed by atoms with Crippen molar-refractivity contribution < 1.29 is 4.42 Å². The highest BCUT2D eigenvalue weighted by molar-refractivity contribution is 9.09. The molecule has 0 aliphatic rings. The standard InChI is InChI=1S/C9H9BrN2O2/c1-6-2-3-7-8(11-6)12(5-4-10)9(13)14-7/h2-3H,4-5H2,1H3. The van der Waals surface area contributed by atoms with Crippen LogP contribution in [0.2, 0.25) is 0 Å². The molecule has 14 heavy (non-hydrogen) atoms. The zero-order valence-corrected chi connectivity index (χ0v) is 9.24. The SMILES string of the molecule is Cc1ccc2oc(=O)n(CCBr)c2n1. The van der Waals surface area contributed by atoms with Crippen molar-refractivity contribution in [3.05, 3.63) is 28.4 Å². The van der Waals surface area contributed by atoms with Crippen LogP contribution in [-0.4, -0.2) is 14.9 Å². The molecule has 2 heterocycles. The first-order chi connectivity index (χ1) is 6.72. The maximum absolute atomic E-state index is 11.4. The number of aromatic nitrogens is 2. The Morgan fingerprint density at radius 1 is 1.57 bits per heavy atom. The second-order valence-corrected chi connectivity index (χ2v) is 3.78. The average molecular weight is 257 g/mol. The van der Waals surface area contributed by atoms with Crippen molar-refractivity contribution in [3.63, 3.8) is 0 Å². The Kier molecular flexibility index (Phi) is 2.41. The van der Waals surface area contributed by atoms with Gasteiger partial charge in [-0.1, -0.05) is 15.9 Å². The van der Waals surface area contributed by atoms with Crippen LogP contribution in [0.5, 0.6) is 0 Å². The molecular formula is C9H9BrN2O2. The predicted molar refractivity (Wildman–Crippen MR) is 56.8 cm³/mol. The highest BCUT2D eigenvalue weighted by atomic mass is 79.9. The molecule has 0 saturated heterocycles. The summed E-state index contributed by atoms with van der Waals surface area (Å²) in [6.07, 6.45) is 0. The summed E-state index contributed by atoms with van der Waals surface area (Å²) in [5, 5.41) is 0.706. The van der Waals surface area contributed by atoms with Gasteiger partial charge in [-0.3, -0.25) is 4.57 Å². The third kappa shape index (κ3) is 1.48. The number of alkyl halides is 1. The van der Waals surface area contributed by atoms with E-state index in [1.165, 1.54) is 4.57 Å². The maximum atomic E-state index is 11.4. The van der Waals surface area contributed by atoms with Gasteiger partial charge in [0.2, 0.25) is 0 Å². The fourth-order valence-corrected chi connectivity index (χ4v) is 1.68. The molecule has 0 aliphatic heterocycles. The maximum Gasteiger partial charge on any atom is 0.421 e. The van der Waals surface area contributed by atoms with Gasteiger partial charge in [-0.25, -0.2) is 9.78 Å². The number of halogens is 1. The van der Waals surface area contributed by atoms with E-state index in [0.717, 1.165) is 5.69 Å². The summed E-state index contributed by atoms with van der Waals surface area (Å²) in [5.41, 5.74) is 2.04. The normalized spacial score (nSPS) is 11.0. The molecule has 74 valence electrons. The Bertz CT molecular complexity index is 515. The zero-order chi connectivity index (χ0) is 10.1. The van der Waals surface area contributed by atoms with E-state index >= 15 is 0 Å². The van der Waals surface area contributed by atoms with E-state index in [1.807, 2.05) is 13.0 Å². The molecule has 2 aromatic heterocycles. The van der Waals surface area contributed by atoms with Crippen molar-refractivity contribution in [1.29, 1.82) is 0 Å². The largest absolute Gasteiger partial charge is 0.421 e. The molecule has 2 aromatic rings. The van der Waals surface area contributed by atoms with Gasteiger partial charge in [0.25, 0.3) is 0 Å². The van der Waals surface area contributed by atoms with Crippen molar-refractivity contribution in [2.24, 2.45) is 0 Å². The summed E-state index contributed by atoms with van der Waals surface area (Å²) in [7, 11) is 0. The Labute approximate surface area is 88.7 Å². The lowest BCUT2D eigenvalue weighted by Crippen LogP contribution is -2.15. The van der Waals surface area contributed by atoms with Crippen LogP contribution in [0.1, 0.15) is 5.69 Å². The fraction of sp³-hybridized carbons (Fsp3) is 0.333. The smallest absolute Gasteiger partial charge is 0.406 e. The number of oxazole rings is 1. The van der Waals surface area contributed by atoms with Crippen molar-refractivity contribution in [3.8, 4) is 0 Å². The number of hydrogen-bond acceptors (Lipinski definition) is 3. The summed E-state index contributed by atoms with van der Waals surface area (Å²) in [5.74, 6) is -0.349. The van der Waals surface area contributed by atoms with Gasteiger partial charge < -0.3 is 4.42 Å². The summed E-state index contributed by atoms with van der Waals surface area (Å²) in [4.78, 5) is 15.6. The minimum atomic E-state index is -0.349. The van der Waals surface area contributed by atoms with Gasteiger partial charge in [0.15, 0.2) is 11.2 Å². The molecule has 0 bridgehead atoms. The van der Waals surface area contributed by atoms with Crippen molar-refractivity contribution >= 4 is 27.2 Å². The van der Waals surface area contributed by atoms with Crippen molar-refractivity contribution in [2.75, 3.05) is 5.33 Å². The summed E-state index contributed by atoms with van der Waals surface area (Å²) in [6.45, 7) is 2.46. The van der Waals surface area contributed by atoms with Gasteiger partial charge in [-0.15, -0.1) is 0 Å². The molecule has 0 fully saturated rings. The Balaban J connectivity index is 2.73. The summed E-state index contributed by atoms with van der Waals surface area (Å²) >= 11 is 3.28. The molecule has 0 N–H and O–H groups in total. The monoisotopic (exact) mass is 256 g/mol. The van der Waals surface area contributed by atoms with Crippen LogP contribution in [0.4, 0.5) is 0 Å². The minimum absolute atomic E-state index is 0.349. The lowest BCUT2D eigenvalue weighted by molar-refractivity contribution is 0.514. The third-order valence-corrected chi connectivity index (χ3v) is 2.31. The molecule has 4 nitrogen and oxygen atoms in total. The summed E-state index contributed by atoms with van der Waals surface area (Å²) in [6, 6.07) is 3.59. The van der Waals surface area contributed by atoms with Crippen LogP contribution < -0.4 is 5.76 Å². The highest BCUT2D eigenvalue weighted by Gasteiger charge is 2.09. The lowest BCUT2D eigenvalue weighted by Gasteiger charge is -1.97. The molecule has 0 atom stereocenters. The molecule has 0 amide bonds. The molecule has 0 unspecified atom stereocenters. The summed E-state index contributed by atoms with van der Waals surface area (Å²) < 4.78 is 6.56. The van der Waals surface area contributed by atoms with Crippen LogP contribution in [0, 0.1) is 6.92 Å². The quantitative estimate of drug-likeness (QED) is 0.769. The topological polar surface area (TPSA) is 48.0 Å². The molecule has 0 aliphatic carbocycles. The van der Waals surface area contributed by atoms with Crippen LogP contribution in [-0.2, 0) is 6.54 Å². The van der Waals surface area contributed by atoms with E-state index < -0.39 is 0 Å². The van der Waals surface area contributed by atoms with Crippen molar-refractivity contribution in [1.82, 2.24) is 9.55 Å². The number of rotatable bonds is 2. The van der Waals surface area contributed by atoms with E-state index in [-0.39, 0.29) is 5.76 Å². The zero-order valence-electron chi connectivity index (χ0n) is 7.66. The third-order valence-electron chi connectivity index (χ3n) is 1.96. The Morgan fingerprint density at radius 3 is 3.07 bits per heavy atom. The van der Waals surface area contributed by atoms with Gasteiger partial charge in [0, 0.05) is 17.6 Å². The fourth-order valence-electron chi connectivity index (χ4n) is 1.32. The second kappa shape index (κ2) is 3.57. The van der Waals surface area contributed by atoms with Gasteiger partial charge in [-0.2, -0.15) is 0 Å². The van der Waals surface area contributed by atoms with Crippen LogP contribution in [0.3, 0.4) is 0 Å². The Hall–Kier alpha value is -1.10. The molecule has 0 aromatic carbocycles. The van der Waals surface area contributed by atoms with Gasteiger partial charge in [0.05, 0.1) is 0 Å². The molecule has 2 rings (SSSR count). The van der Waals surface area contributed by atoms with Crippen LogP contribution in [0.25, 0.3) is 11.2 Å². The van der Waals surface area contributed by atoms with Gasteiger partial charge in [0.1, 0.15) is 0 Å². The Morgan fingerprint density at radius 2 is 2.36 bits per heavy atom. The lowest BCUT2D eigenvalue weighted by atomic mass is 10.4. The molecular weight excluding hydrogens is 248 g/mol. The number of nitrogens with zero attached hydrogens (tertiary/aromatic N) is 2. The minimum Gasteiger partial charge on any atom is -0.406 e. The molecule has 0 saturated carbocycles. The number of hydrogen-bond donors (Lipinski definition) is 0. The highest BCUT2D eigenvalue weighted by Crippen LogP contribution is 2.10. The first kappa shape index (κ1) is 9.45. The van der Waals surface area contributed by atoms with E-state index in [2.05, 4.69) is 20.9 Å². The first-order valence-corrected chi connectivity index (χ1v) is 5.37. The van der Waals surface area contributed by atoms with Crippen LogP contribution in [0.15, 0.2) is 21.3 Å². The van der Waals surface area contributed by atoms with Crippen LogP contribution >= 0.6 is 15.9 Å². The molecule has 5 heteroatoms. The van der Waals surface area contributed by atoms with E-state index in [1.54, 1.807) is 6.07 Å². The van der Waals surface area contributed by atoms with Gasteiger partial charge >= 0.3 is 5.76 Å². The molecule has 0 spiro atoms. The molecule has 0 radical (unpaired) electrons. The predicted octanol–water partition coefficient (Wildman–Crippen LogP) is 1.69. The number of fused-ring (bicyclic) bond motifs is 1. The number of aryl methyl sites for hydroxylation is 2. The van der Waals surface area contributed by atoms with E-state index in [4.69, 9.17) is 4.42 Å².